The van der Waals surface area contributed by atoms with Crippen LogP contribution in [0.5, 0.6) is 5.75 Å². The zero-order valence-electron chi connectivity index (χ0n) is 10.6. The molecule has 2 N–H and O–H groups in total. The molecule has 0 fully saturated rings. The van der Waals surface area contributed by atoms with Crippen LogP contribution >= 0.6 is 11.6 Å². The number of hydrogen-bond acceptors (Lipinski definition) is 3. The number of carboxylic acid groups (broad SMARTS) is 1. The molecule has 0 saturated carbocycles. The van der Waals surface area contributed by atoms with E-state index in [0.29, 0.717) is 16.5 Å². The number of aromatic amines is 1. The fraction of sp³-hybridized carbons (Fsp3) is 0.143. The van der Waals surface area contributed by atoms with Crippen molar-refractivity contribution in [3.63, 3.8) is 0 Å². The molecule has 0 aliphatic carbocycles. The Labute approximate surface area is 119 Å². The maximum Gasteiger partial charge on any atom is 0.308 e. The second kappa shape index (κ2) is 5.79. The number of H-pyrrole nitrogens is 1. The van der Waals surface area contributed by atoms with E-state index in [-0.39, 0.29) is 12.0 Å². The van der Waals surface area contributed by atoms with Crippen LogP contribution in [0.15, 0.2) is 35.1 Å². The molecular weight excluding hydrogens is 282 g/mol. The van der Waals surface area contributed by atoms with Gasteiger partial charge in [-0.1, -0.05) is 17.7 Å². The van der Waals surface area contributed by atoms with Gasteiger partial charge in [-0.05, 0) is 29.8 Å². The number of ether oxygens (including phenoxy) is 1. The van der Waals surface area contributed by atoms with Crippen molar-refractivity contribution in [1.29, 1.82) is 0 Å². The van der Waals surface area contributed by atoms with Gasteiger partial charge in [0.2, 0.25) is 0 Å². The fourth-order valence-electron chi connectivity index (χ4n) is 1.81. The highest BCUT2D eigenvalue weighted by atomic mass is 35.5. The van der Waals surface area contributed by atoms with Crippen LogP contribution in [0.1, 0.15) is 5.56 Å². The van der Waals surface area contributed by atoms with Crippen LogP contribution in [0, 0.1) is 0 Å². The molecule has 0 amide bonds. The molecule has 6 heteroatoms. The average Bonchev–Trinajstić information content (AvgIpc) is 2.40. The van der Waals surface area contributed by atoms with Crippen molar-refractivity contribution >= 4 is 17.6 Å². The molecule has 0 unspecified atom stereocenters. The summed E-state index contributed by atoms with van der Waals surface area (Å²) in [4.78, 5) is 25.0. The SMILES string of the molecule is COc1ccc(-c2ccc(CC(=O)O)c(=O)[nH]2)cc1Cl. The van der Waals surface area contributed by atoms with Crippen molar-refractivity contribution in [2.75, 3.05) is 7.11 Å². The summed E-state index contributed by atoms with van der Waals surface area (Å²) in [6, 6.07) is 8.27. The van der Waals surface area contributed by atoms with E-state index in [9.17, 15) is 9.59 Å². The lowest BCUT2D eigenvalue weighted by atomic mass is 10.1. The molecule has 1 aromatic heterocycles. The van der Waals surface area contributed by atoms with Gasteiger partial charge in [0, 0.05) is 11.3 Å². The molecule has 1 aromatic carbocycles. The Bertz CT molecular complexity index is 709. The lowest BCUT2D eigenvalue weighted by Crippen LogP contribution is -2.16. The monoisotopic (exact) mass is 293 g/mol. The lowest BCUT2D eigenvalue weighted by molar-refractivity contribution is -0.136. The van der Waals surface area contributed by atoms with Gasteiger partial charge >= 0.3 is 5.97 Å². The molecule has 0 aliphatic heterocycles. The fourth-order valence-corrected chi connectivity index (χ4v) is 2.07. The smallest absolute Gasteiger partial charge is 0.308 e. The molecule has 2 aromatic rings. The molecular formula is C14H12ClNO4. The van der Waals surface area contributed by atoms with Crippen LogP contribution in [0.25, 0.3) is 11.3 Å². The number of aliphatic carboxylic acids is 1. The van der Waals surface area contributed by atoms with Gasteiger partial charge in [0.25, 0.3) is 5.56 Å². The summed E-state index contributed by atoms with van der Waals surface area (Å²) in [6.07, 6.45) is -0.307. The van der Waals surface area contributed by atoms with Crippen LogP contribution in [0.3, 0.4) is 0 Å². The summed E-state index contributed by atoms with van der Waals surface area (Å²) in [5.41, 5.74) is 1.07. The van der Waals surface area contributed by atoms with Crippen LogP contribution < -0.4 is 10.3 Å². The van der Waals surface area contributed by atoms with Gasteiger partial charge in [-0.15, -0.1) is 0 Å². The predicted octanol–water partition coefficient (Wildman–Crippen LogP) is 2.33. The molecule has 2 rings (SSSR count). The number of nitrogens with one attached hydrogen (secondary N) is 1. The molecule has 1 heterocycles. The Morgan fingerprint density at radius 3 is 2.65 bits per heavy atom. The first-order chi connectivity index (χ1) is 9.51. The highest BCUT2D eigenvalue weighted by Gasteiger charge is 2.08. The first-order valence-corrected chi connectivity index (χ1v) is 6.17. The molecule has 20 heavy (non-hydrogen) atoms. The number of halogens is 1. The van der Waals surface area contributed by atoms with E-state index in [0.717, 1.165) is 5.56 Å². The molecule has 0 saturated heterocycles. The molecule has 0 radical (unpaired) electrons. The van der Waals surface area contributed by atoms with Crippen molar-refractivity contribution in [2.24, 2.45) is 0 Å². The highest BCUT2D eigenvalue weighted by molar-refractivity contribution is 6.32. The normalized spacial score (nSPS) is 10.3. The maximum atomic E-state index is 11.8. The van der Waals surface area contributed by atoms with Crippen molar-refractivity contribution < 1.29 is 14.6 Å². The zero-order valence-corrected chi connectivity index (χ0v) is 11.4. The minimum atomic E-state index is -1.05. The van der Waals surface area contributed by atoms with Crippen LogP contribution in [0.2, 0.25) is 5.02 Å². The molecule has 0 bridgehead atoms. The van der Waals surface area contributed by atoms with Crippen molar-refractivity contribution in [3.8, 4) is 17.0 Å². The molecule has 0 atom stereocenters. The number of carboxylic acids is 1. The van der Waals surface area contributed by atoms with Crippen LogP contribution in [-0.2, 0) is 11.2 Å². The Balaban J connectivity index is 2.39. The maximum absolute atomic E-state index is 11.8. The second-order valence-corrected chi connectivity index (χ2v) is 4.55. The van der Waals surface area contributed by atoms with Crippen molar-refractivity contribution in [3.05, 3.63) is 51.3 Å². The van der Waals surface area contributed by atoms with Crippen molar-refractivity contribution in [2.45, 2.75) is 6.42 Å². The molecule has 104 valence electrons. The Morgan fingerprint density at radius 1 is 1.35 bits per heavy atom. The third-order valence-corrected chi connectivity index (χ3v) is 3.09. The van der Waals surface area contributed by atoms with Gasteiger partial charge in [-0.25, -0.2) is 0 Å². The van der Waals surface area contributed by atoms with Gasteiger partial charge in [0.05, 0.1) is 18.6 Å². The topological polar surface area (TPSA) is 79.4 Å². The van der Waals surface area contributed by atoms with E-state index in [1.165, 1.54) is 13.2 Å². The van der Waals surface area contributed by atoms with E-state index in [4.69, 9.17) is 21.4 Å². The average molecular weight is 294 g/mol. The first-order valence-electron chi connectivity index (χ1n) is 5.79. The minimum Gasteiger partial charge on any atom is -0.495 e. The highest BCUT2D eigenvalue weighted by Crippen LogP contribution is 2.28. The van der Waals surface area contributed by atoms with E-state index in [1.807, 2.05) is 0 Å². The largest absolute Gasteiger partial charge is 0.495 e. The Kier molecular flexibility index (Phi) is 4.10. The van der Waals surface area contributed by atoms with E-state index in [2.05, 4.69) is 4.98 Å². The molecule has 0 spiro atoms. The summed E-state index contributed by atoms with van der Waals surface area (Å²) < 4.78 is 5.05. The van der Waals surface area contributed by atoms with Gasteiger partial charge < -0.3 is 14.8 Å². The third-order valence-electron chi connectivity index (χ3n) is 2.80. The summed E-state index contributed by atoms with van der Waals surface area (Å²) in [5, 5.41) is 9.12. The third kappa shape index (κ3) is 3.00. The number of hydrogen-bond donors (Lipinski definition) is 2. The molecule has 5 nitrogen and oxygen atoms in total. The number of benzene rings is 1. The lowest BCUT2D eigenvalue weighted by Gasteiger charge is -2.07. The first kappa shape index (κ1) is 14.1. The van der Waals surface area contributed by atoms with E-state index < -0.39 is 11.5 Å². The number of rotatable bonds is 4. The second-order valence-electron chi connectivity index (χ2n) is 4.15. The zero-order chi connectivity index (χ0) is 14.7. The quantitative estimate of drug-likeness (QED) is 0.907. The summed E-state index contributed by atoms with van der Waals surface area (Å²) in [7, 11) is 1.52. The van der Waals surface area contributed by atoms with Crippen molar-refractivity contribution in [1.82, 2.24) is 4.98 Å². The number of pyridine rings is 1. The van der Waals surface area contributed by atoms with E-state index in [1.54, 1.807) is 24.3 Å². The standard InChI is InChI=1S/C14H12ClNO4/c1-20-12-5-3-8(6-10(12)15)11-4-2-9(7-13(17)18)14(19)16-11/h2-6H,7H2,1H3,(H,16,19)(H,17,18). The Hall–Kier alpha value is -2.27. The van der Waals surface area contributed by atoms with Gasteiger partial charge in [-0.3, -0.25) is 9.59 Å². The number of methoxy groups -OCH3 is 1. The summed E-state index contributed by atoms with van der Waals surface area (Å²) in [5.74, 6) is -0.504. The summed E-state index contributed by atoms with van der Waals surface area (Å²) in [6.45, 7) is 0. The predicted molar refractivity (Wildman–Crippen MR) is 75.4 cm³/mol. The van der Waals surface area contributed by atoms with Gasteiger partial charge in [0.1, 0.15) is 5.75 Å². The summed E-state index contributed by atoms with van der Waals surface area (Å²) >= 11 is 6.02. The Morgan fingerprint density at radius 2 is 2.10 bits per heavy atom. The minimum absolute atomic E-state index is 0.209. The van der Waals surface area contributed by atoms with Crippen LogP contribution in [-0.4, -0.2) is 23.2 Å². The molecule has 0 aliphatic rings. The van der Waals surface area contributed by atoms with Gasteiger partial charge in [0.15, 0.2) is 0 Å². The van der Waals surface area contributed by atoms with Gasteiger partial charge in [-0.2, -0.15) is 0 Å². The number of aromatic nitrogens is 1. The van der Waals surface area contributed by atoms with Crippen LogP contribution in [0.4, 0.5) is 0 Å². The number of carbonyl (C=O) groups is 1. The van der Waals surface area contributed by atoms with E-state index >= 15 is 0 Å².